The highest BCUT2D eigenvalue weighted by Crippen LogP contribution is 2.31. The van der Waals surface area contributed by atoms with Crippen LogP contribution >= 0.6 is 15.9 Å². The molecule has 0 fully saturated rings. The van der Waals surface area contributed by atoms with Crippen molar-refractivity contribution in [3.63, 3.8) is 0 Å². The molecule has 0 N–H and O–H groups in total. The van der Waals surface area contributed by atoms with Crippen molar-refractivity contribution in [1.29, 1.82) is 0 Å². The summed E-state index contributed by atoms with van der Waals surface area (Å²) in [6.45, 7) is 7.69. The molecule has 0 aliphatic carbocycles. The zero-order valence-corrected chi connectivity index (χ0v) is 11.9. The number of ketones is 1. The van der Waals surface area contributed by atoms with Crippen LogP contribution in [0.2, 0.25) is 0 Å². The van der Waals surface area contributed by atoms with Crippen LogP contribution in [0, 0.1) is 12.3 Å². The molecule has 1 rings (SSSR count). The topological polar surface area (TPSA) is 26.3 Å². The van der Waals surface area contributed by atoms with Crippen molar-refractivity contribution in [1.82, 2.24) is 0 Å². The van der Waals surface area contributed by atoms with E-state index >= 15 is 0 Å². The van der Waals surface area contributed by atoms with Crippen molar-refractivity contribution in [2.45, 2.75) is 27.7 Å². The van der Waals surface area contributed by atoms with Crippen LogP contribution in [0.5, 0.6) is 5.75 Å². The van der Waals surface area contributed by atoms with Crippen LogP contribution in [0.1, 0.15) is 36.7 Å². The van der Waals surface area contributed by atoms with E-state index in [1.54, 1.807) is 7.11 Å². The van der Waals surface area contributed by atoms with Crippen LogP contribution in [0.4, 0.5) is 0 Å². The number of rotatable bonds is 2. The maximum Gasteiger partial charge on any atom is 0.171 e. The molecule has 0 atom stereocenters. The van der Waals surface area contributed by atoms with E-state index in [0.717, 1.165) is 10.0 Å². The first-order chi connectivity index (χ1) is 7.27. The monoisotopic (exact) mass is 284 g/mol. The number of carbonyl (C=O) groups is 1. The van der Waals surface area contributed by atoms with Gasteiger partial charge in [0.2, 0.25) is 0 Å². The lowest BCUT2D eigenvalue weighted by Gasteiger charge is -2.19. The molecule has 0 spiro atoms. The maximum absolute atomic E-state index is 12.2. The molecule has 0 bridgehead atoms. The third-order valence-corrected chi connectivity index (χ3v) is 3.26. The fraction of sp³-hybridized carbons (Fsp3) is 0.462. The number of hydrogen-bond acceptors (Lipinski definition) is 2. The minimum atomic E-state index is -0.401. The molecule has 0 saturated carbocycles. The van der Waals surface area contributed by atoms with Crippen LogP contribution in [0.25, 0.3) is 0 Å². The average molecular weight is 285 g/mol. The van der Waals surface area contributed by atoms with Gasteiger partial charge in [0.15, 0.2) is 5.78 Å². The summed E-state index contributed by atoms with van der Waals surface area (Å²) in [7, 11) is 1.59. The van der Waals surface area contributed by atoms with Crippen LogP contribution in [-0.2, 0) is 0 Å². The second-order valence-electron chi connectivity index (χ2n) is 4.88. The van der Waals surface area contributed by atoms with Gasteiger partial charge in [0, 0.05) is 9.89 Å². The SMILES string of the molecule is COc1cc(C)c(Br)cc1C(=O)C(C)(C)C. The number of hydrogen-bond donors (Lipinski definition) is 0. The number of halogens is 1. The molecule has 0 unspecified atom stereocenters. The second-order valence-corrected chi connectivity index (χ2v) is 5.74. The van der Waals surface area contributed by atoms with Crippen molar-refractivity contribution >= 4 is 21.7 Å². The summed E-state index contributed by atoms with van der Waals surface area (Å²) in [5.41, 5.74) is 1.29. The van der Waals surface area contributed by atoms with Gasteiger partial charge in [-0.05, 0) is 24.6 Å². The molecule has 0 amide bonds. The Bertz CT molecular complexity index is 417. The molecular formula is C13H17BrO2. The first-order valence-corrected chi connectivity index (χ1v) is 5.95. The highest BCUT2D eigenvalue weighted by Gasteiger charge is 2.26. The predicted octanol–water partition coefficient (Wildman–Crippen LogP) is 3.99. The molecule has 0 saturated heterocycles. The Kier molecular flexibility index (Phi) is 3.79. The van der Waals surface area contributed by atoms with Crippen LogP contribution in [0.3, 0.4) is 0 Å². The molecule has 0 aromatic heterocycles. The van der Waals surface area contributed by atoms with Gasteiger partial charge in [-0.25, -0.2) is 0 Å². The van der Waals surface area contributed by atoms with Crippen LogP contribution in [0.15, 0.2) is 16.6 Å². The van der Waals surface area contributed by atoms with Crippen molar-refractivity contribution in [2.75, 3.05) is 7.11 Å². The van der Waals surface area contributed by atoms with Gasteiger partial charge in [0.1, 0.15) is 5.75 Å². The summed E-state index contributed by atoms with van der Waals surface area (Å²) in [6.07, 6.45) is 0. The molecule has 1 aromatic carbocycles. The standard InChI is InChI=1S/C13H17BrO2/c1-8-6-11(16-5)9(7-10(8)14)12(15)13(2,3)4/h6-7H,1-5H3. The number of aryl methyl sites for hydroxylation is 1. The normalized spacial score (nSPS) is 11.4. The lowest BCUT2D eigenvalue weighted by atomic mass is 9.86. The van der Waals surface area contributed by atoms with Gasteiger partial charge >= 0.3 is 0 Å². The van der Waals surface area contributed by atoms with E-state index in [4.69, 9.17) is 4.74 Å². The number of Topliss-reactive ketones (excluding diaryl/α,β-unsaturated/α-hetero) is 1. The van der Waals surface area contributed by atoms with E-state index in [2.05, 4.69) is 15.9 Å². The second kappa shape index (κ2) is 4.58. The Hall–Kier alpha value is -0.830. The summed E-state index contributed by atoms with van der Waals surface area (Å²) < 4.78 is 6.19. The summed E-state index contributed by atoms with van der Waals surface area (Å²) in [5, 5.41) is 0. The minimum Gasteiger partial charge on any atom is -0.496 e. The van der Waals surface area contributed by atoms with E-state index in [1.807, 2.05) is 39.8 Å². The van der Waals surface area contributed by atoms with Crippen LogP contribution < -0.4 is 4.74 Å². The Morgan fingerprint density at radius 1 is 1.31 bits per heavy atom. The number of ether oxygens (including phenoxy) is 1. The lowest BCUT2D eigenvalue weighted by Crippen LogP contribution is -2.21. The van der Waals surface area contributed by atoms with Gasteiger partial charge in [-0.15, -0.1) is 0 Å². The molecule has 16 heavy (non-hydrogen) atoms. The van der Waals surface area contributed by atoms with Gasteiger partial charge in [-0.3, -0.25) is 4.79 Å². The Morgan fingerprint density at radius 2 is 1.88 bits per heavy atom. The van der Waals surface area contributed by atoms with Gasteiger partial charge in [0.05, 0.1) is 12.7 Å². The third-order valence-electron chi connectivity index (χ3n) is 2.41. The quantitative estimate of drug-likeness (QED) is 0.768. The maximum atomic E-state index is 12.2. The minimum absolute atomic E-state index is 0.0880. The van der Waals surface area contributed by atoms with Gasteiger partial charge in [0.25, 0.3) is 0 Å². The van der Waals surface area contributed by atoms with Gasteiger partial charge in [-0.2, -0.15) is 0 Å². The zero-order valence-electron chi connectivity index (χ0n) is 10.3. The molecular weight excluding hydrogens is 268 g/mol. The number of methoxy groups -OCH3 is 1. The van der Waals surface area contributed by atoms with E-state index in [1.165, 1.54) is 0 Å². The molecule has 3 heteroatoms. The van der Waals surface area contributed by atoms with Crippen molar-refractivity contribution in [2.24, 2.45) is 5.41 Å². The Labute approximate surface area is 105 Å². The highest BCUT2D eigenvalue weighted by molar-refractivity contribution is 9.10. The Balaban J connectivity index is 3.33. The highest BCUT2D eigenvalue weighted by atomic mass is 79.9. The molecule has 1 aromatic rings. The average Bonchev–Trinajstić information content (AvgIpc) is 2.19. The molecule has 88 valence electrons. The van der Waals surface area contributed by atoms with Gasteiger partial charge in [-0.1, -0.05) is 36.7 Å². The summed E-state index contributed by atoms with van der Waals surface area (Å²) in [5.74, 6) is 0.727. The predicted molar refractivity (Wildman–Crippen MR) is 69.2 cm³/mol. The first kappa shape index (κ1) is 13.2. The first-order valence-electron chi connectivity index (χ1n) is 5.16. The molecule has 0 radical (unpaired) electrons. The van der Waals surface area contributed by atoms with Gasteiger partial charge < -0.3 is 4.74 Å². The van der Waals surface area contributed by atoms with E-state index in [9.17, 15) is 4.79 Å². The molecule has 0 aliphatic rings. The lowest BCUT2D eigenvalue weighted by molar-refractivity contribution is 0.0855. The number of benzene rings is 1. The van der Waals surface area contributed by atoms with Crippen molar-refractivity contribution < 1.29 is 9.53 Å². The van der Waals surface area contributed by atoms with E-state index < -0.39 is 5.41 Å². The summed E-state index contributed by atoms with van der Waals surface area (Å²) in [4.78, 5) is 12.2. The molecule has 0 aliphatic heterocycles. The smallest absolute Gasteiger partial charge is 0.171 e. The Morgan fingerprint density at radius 3 is 2.31 bits per heavy atom. The van der Waals surface area contributed by atoms with E-state index in [-0.39, 0.29) is 5.78 Å². The fourth-order valence-corrected chi connectivity index (χ4v) is 1.75. The summed E-state index contributed by atoms with van der Waals surface area (Å²) >= 11 is 3.44. The van der Waals surface area contributed by atoms with Crippen molar-refractivity contribution in [3.8, 4) is 5.75 Å². The van der Waals surface area contributed by atoms with Crippen molar-refractivity contribution in [3.05, 3.63) is 27.7 Å². The number of carbonyl (C=O) groups excluding carboxylic acids is 1. The largest absolute Gasteiger partial charge is 0.496 e. The molecule has 2 nitrogen and oxygen atoms in total. The third kappa shape index (κ3) is 2.64. The van der Waals surface area contributed by atoms with E-state index in [0.29, 0.717) is 11.3 Å². The fourth-order valence-electron chi connectivity index (χ4n) is 1.41. The zero-order chi connectivity index (χ0) is 12.5. The van der Waals surface area contributed by atoms with Crippen LogP contribution in [-0.4, -0.2) is 12.9 Å². The molecule has 0 heterocycles. The summed E-state index contributed by atoms with van der Waals surface area (Å²) in [6, 6.07) is 3.71.